The quantitative estimate of drug-likeness (QED) is 0.268. The first-order chi connectivity index (χ1) is 20.1. The molecule has 1 aromatic heterocycles. The van der Waals surface area contributed by atoms with Gasteiger partial charge in [-0.1, -0.05) is 35.3 Å². The lowest BCUT2D eigenvalue weighted by atomic mass is 9.86. The van der Waals surface area contributed by atoms with Gasteiger partial charge >= 0.3 is 0 Å². The van der Waals surface area contributed by atoms with Crippen molar-refractivity contribution in [3.63, 3.8) is 0 Å². The van der Waals surface area contributed by atoms with Gasteiger partial charge in [-0.15, -0.1) is 0 Å². The number of imidazole rings is 1. The predicted octanol–water partition coefficient (Wildman–Crippen LogP) is 5.98. The number of carbonyl (C=O) groups excluding carboxylic acids is 2. The number of hydrogen-bond donors (Lipinski definition) is 2. The van der Waals surface area contributed by atoms with Gasteiger partial charge in [0.25, 0.3) is 11.8 Å². The minimum atomic E-state index is -1.59. The summed E-state index contributed by atoms with van der Waals surface area (Å²) in [7, 11) is 1.53. The third-order valence-electron chi connectivity index (χ3n) is 7.65. The summed E-state index contributed by atoms with van der Waals surface area (Å²) in [6.07, 6.45) is 0. The first kappa shape index (κ1) is 28.1. The number of aromatic nitrogens is 2. The van der Waals surface area contributed by atoms with Gasteiger partial charge in [-0.3, -0.25) is 14.5 Å². The van der Waals surface area contributed by atoms with Gasteiger partial charge in [0.05, 0.1) is 30.7 Å². The van der Waals surface area contributed by atoms with Crippen molar-refractivity contribution in [3.05, 3.63) is 87.2 Å². The Morgan fingerprint density at radius 2 is 1.79 bits per heavy atom. The molecule has 2 aliphatic heterocycles. The lowest BCUT2D eigenvalue weighted by Gasteiger charge is -2.36. The van der Waals surface area contributed by atoms with Gasteiger partial charge in [-0.05, 0) is 62.7 Å². The molecule has 2 N–H and O–H groups in total. The molecule has 0 fully saturated rings. The van der Waals surface area contributed by atoms with Crippen molar-refractivity contribution >= 4 is 46.4 Å². The van der Waals surface area contributed by atoms with Gasteiger partial charge in [0.2, 0.25) is 0 Å². The van der Waals surface area contributed by atoms with E-state index in [0.717, 1.165) is 5.56 Å². The average Bonchev–Trinajstić information content (AvgIpc) is 3.57. The van der Waals surface area contributed by atoms with Crippen molar-refractivity contribution in [2.75, 3.05) is 30.5 Å². The number of halogens is 2. The normalized spacial score (nSPS) is 17.2. The molecule has 6 rings (SSSR count). The highest BCUT2D eigenvalue weighted by molar-refractivity contribution is 6.32. The summed E-state index contributed by atoms with van der Waals surface area (Å²) >= 11 is 12.8. The van der Waals surface area contributed by atoms with E-state index in [2.05, 4.69) is 5.32 Å². The van der Waals surface area contributed by atoms with Crippen molar-refractivity contribution < 1.29 is 24.2 Å². The second-order valence-corrected chi connectivity index (χ2v) is 11.3. The van der Waals surface area contributed by atoms with Crippen LogP contribution in [-0.4, -0.2) is 46.8 Å². The molecule has 0 unspecified atom stereocenters. The van der Waals surface area contributed by atoms with Crippen LogP contribution < -0.4 is 19.7 Å². The average molecular weight is 607 g/mol. The lowest BCUT2D eigenvalue weighted by molar-refractivity contribution is -0.119. The third-order valence-corrected chi connectivity index (χ3v) is 8.12. The number of aryl methyl sites for hydroxylation is 1. The smallest absolute Gasteiger partial charge is 0.280 e. The van der Waals surface area contributed by atoms with E-state index in [0.29, 0.717) is 55.6 Å². The number of rotatable bonds is 7. The Labute approximate surface area is 252 Å². The molecule has 0 saturated carbocycles. The van der Waals surface area contributed by atoms with Crippen LogP contribution in [0.1, 0.15) is 47.2 Å². The summed E-state index contributed by atoms with van der Waals surface area (Å²) < 4.78 is 13.2. The van der Waals surface area contributed by atoms with E-state index in [1.165, 1.54) is 12.0 Å². The maximum atomic E-state index is 14.5. The number of ether oxygens (including phenoxy) is 2. The van der Waals surface area contributed by atoms with Crippen LogP contribution in [0.15, 0.2) is 54.6 Å². The number of methoxy groups -OCH3 is 1. The minimum absolute atomic E-state index is 0.129. The maximum absolute atomic E-state index is 14.5. The molecule has 0 radical (unpaired) electrons. The Morgan fingerprint density at radius 3 is 2.50 bits per heavy atom. The van der Waals surface area contributed by atoms with Crippen LogP contribution in [0.2, 0.25) is 10.0 Å². The fourth-order valence-electron chi connectivity index (χ4n) is 5.94. The van der Waals surface area contributed by atoms with Gasteiger partial charge in [0, 0.05) is 33.4 Å². The molecule has 1 atom stereocenters. The summed E-state index contributed by atoms with van der Waals surface area (Å²) in [5, 5.41) is 13.0. The van der Waals surface area contributed by atoms with E-state index >= 15 is 0 Å². The molecule has 0 saturated heterocycles. The van der Waals surface area contributed by atoms with Crippen LogP contribution in [-0.2, 0) is 10.3 Å². The highest BCUT2D eigenvalue weighted by atomic mass is 35.5. The number of anilines is 2. The predicted molar refractivity (Wildman–Crippen MR) is 161 cm³/mol. The molecule has 2 amide bonds. The number of fused-ring (bicyclic) bond motifs is 4. The number of nitrogens with one attached hydrogen (secondary N) is 1. The fourth-order valence-corrected chi connectivity index (χ4v) is 6.27. The Balaban J connectivity index is 1.67. The van der Waals surface area contributed by atoms with Crippen LogP contribution >= 0.6 is 23.2 Å². The van der Waals surface area contributed by atoms with E-state index in [1.807, 2.05) is 31.4 Å². The summed E-state index contributed by atoms with van der Waals surface area (Å²) in [6.45, 7) is 5.81. The van der Waals surface area contributed by atoms with Crippen molar-refractivity contribution in [1.29, 1.82) is 0 Å². The maximum Gasteiger partial charge on any atom is 0.280 e. The van der Waals surface area contributed by atoms with Crippen molar-refractivity contribution in [3.8, 4) is 22.9 Å². The van der Waals surface area contributed by atoms with E-state index in [1.54, 1.807) is 48.5 Å². The highest BCUT2D eigenvalue weighted by Crippen LogP contribution is 2.55. The van der Waals surface area contributed by atoms with Crippen molar-refractivity contribution in [2.45, 2.75) is 32.4 Å². The SMILES string of the molecule is COc1cc(OCCO)ccc1-c1nc2c(n1C(C)C)[C@]1(C(=O)Nc3cc(Cl)ccc31)N(c1cc(Cl)ccc1C)C2=O. The zero-order valence-electron chi connectivity index (χ0n) is 23.4. The van der Waals surface area contributed by atoms with Crippen LogP contribution in [0.3, 0.4) is 0 Å². The molecule has 216 valence electrons. The van der Waals surface area contributed by atoms with E-state index in [-0.39, 0.29) is 24.9 Å². The molecule has 4 aromatic rings. The third kappa shape index (κ3) is 3.99. The standard InChI is InChI=1S/C31H28Cl2N4O5/c1-16(2)36-27-26(35-28(36)21-9-8-20(42-12-11-38)15-25(21)41-4)29(39)37(24-14-19(33)6-5-17(24)3)31(27)22-10-7-18(32)13-23(22)34-30(31)40/h5-10,13-16,38H,11-12H2,1-4H3,(H,34,40)/t31-/m1/s1. The second-order valence-electron chi connectivity index (χ2n) is 10.5. The van der Waals surface area contributed by atoms with E-state index < -0.39 is 17.4 Å². The van der Waals surface area contributed by atoms with Crippen LogP contribution in [0.4, 0.5) is 11.4 Å². The monoisotopic (exact) mass is 606 g/mol. The molecule has 42 heavy (non-hydrogen) atoms. The zero-order valence-corrected chi connectivity index (χ0v) is 24.9. The Morgan fingerprint density at radius 1 is 1.05 bits per heavy atom. The molecule has 11 heteroatoms. The summed E-state index contributed by atoms with van der Waals surface area (Å²) in [6, 6.07) is 15.4. The Hall–Kier alpha value is -4.05. The largest absolute Gasteiger partial charge is 0.496 e. The van der Waals surface area contributed by atoms with E-state index in [4.69, 9.17) is 42.8 Å². The molecular weight excluding hydrogens is 579 g/mol. The number of nitrogens with zero attached hydrogens (tertiary/aromatic N) is 3. The first-order valence-corrected chi connectivity index (χ1v) is 14.2. The summed E-state index contributed by atoms with van der Waals surface area (Å²) in [4.78, 5) is 35.3. The molecule has 1 spiro atoms. The molecule has 3 aromatic carbocycles. The lowest BCUT2D eigenvalue weighted by Crippen LogP contribution is -2.51. The van der Waals surface area contributed by atoms with Crippen molar-refractivity contribution in [1.82, 2.24) is 9.55 Å². The topological polar surface area (TPSA) is 106 Å². The molecule has 0 bridgehead atoms. The van der Waals surface area contributed by atoms with Gasteiger partial charge in [-0.2, -0.15) is 0 Å². The molecule has 3 heterocycles. The molecular formula is C31H28Cl2N4O5. The molecule has 9 nitrogen and oxygen atoms in total. The van der Waals surface area contributed by atoms with Crippen LogP contribution in [0.25, 0.3) is 11.4 Å². The summed E-state index contributed by atoms with van der Waals surface area (Å²) in [5.74, 6) is 0.597. The van der Waals surface area contributed by atoms with Crippen molar-refractivity contribution in [2.24, 2.45) is 0 Å². The van der Waals surface area contributed by atoms with Gasteiger partial charge in [-0.25, -0.2) is 4.98 Å². The first-order valence-electron chi connectivity index (χ1n) is 13.4. The molecule has 0 aliphatic carbocycles. The van der Waals surface area contributed by atoms with Gasteiger partial charge in [0.15, 0.2) is 11.2 Å². The van der Waals surface area contributed by atoms with Crippen LogP contribution in [0, 0.1) is 6.92 Å². The number of hydrogen-bond acceptors (Lipinski definition) is 6. The number of carbonyl (C=O) groups is 2. The number of benzene rings is 3. The Bertz CT molecular complexity index is 1770. The van der Waals surface area contributed by atoms with Crippen LogP contribution in [0.5, 0.6) is 11.5 Å². The van der Waals surface area contributed by atoms with E-state index in [9.17, 15) is 9.59 Å². The molecule has 2 aliphatic rings. The number of amides is 2. The Kier molecular flexibility index (Phi) is 6.92. The summed E-state index contributed by atoms with van der Waals surface area (Å²) in [5.41, 5.74) is 1.98. The minimum Gasteiger partial charge on any atom is -0.496 e. The second kappa shape index (κ2) is 10.3. The zero-order chi connectivity index (χ0) is 29.9. The van der Waals surface area contributed by atoms with Gasteiger partial charge in [0.1, 0.15) is 23.9 Å². The fraction of sp³-hybridized carbons (Fsp3) is 0.258. The number of aliphatic hydroxyl groups excluding tert-OH is 1. The number of aliphatic hydroxyl groups is 1. The van der Waals surface area contributed by atoms with Gasteiger partial charge < -0.3 is 24.5 Å². The highest BCUT2D eigenvalue weighted by Gasteiger charge is 2.64.